The predicted molar refractivity (Wildman–Crippen MR) is 312 cm³/mol. The summed E-state index contributed by atoms with van der Waals surface area (Å²) in [6.07, 6.45) is 0. The first-order chi connectivity index (χ1) is 38.6. The Bertz CT molecular complexity index is 3990. The zero-order valence-electron chi connectivity index (χ0n) is 41.3. The molecule has 8 nitrogen and oxygen atoms in total. The van der Waals surface area contributed by atoms with E-state index >= 15 is 0 Å². The number of ether oxygens (including phenoxy) is 6. The number of hydrogen-bond donors (Lipinski definition) is 0. The Morgan fingerprint density at radius 2 is 0.679 bits per heavy atom. The summed E-state index contributed by atoms with van der Waals surface area (Å²) in [5.41, 5.74) is 12.3. The predicted octanol–water partition coefficient (Wildman–Crippen LogP) is 14.6. The highest BCUT2D eigenvalue weighted by Crippen LogP contribution is 2.55. The van der Waals surface area contributed by atoms with Gasteiger partial charge in [-0.25, -0.2) is 0 Å². The summed E-state index contributed by atoms with van der Waals surface area (Å²) in [6, 6.07) is 79.2. The van der Waals surface area contributed by atoms with Gasteiger partial charge in [0, 0.05) is 28.0 Å². The molecule has 0 radical (unpaired) electrons. The minimum Gasteiger partial charge on any atom is -0.458 e. The molecule has 0 aromatic heterocycles. The van der Waals surface area contributed by atoms with Gasteiger partial charge < -0.3 is 38.2 Å². The number of para-hydroxylation sites is 10. The van der Waals surface area contributed by atoms with Gasteiger partial charge in [-0.2, -0.15) is 0 Å². The van der Waals surface area contributed by atoms with Crippen molar-refractivity contribution in [1.82, 2.24) is 0 Å². The number of benzene rings is 11. The van der Waals surface area contributed by atoms with Crippen molar-refractivity contribution in [2.24, 2.45) is 0 Å². The highest BCUT2D eigenvalue weighted by Gasteiger charge is 2.46. The Morgan fingerprint density at radius 1 is 0.308 bits per heavy atom. The van der Waals surface area contributed by atoms with Crippen LogP contribution in [0, 0.1) is 0 Å². The molecule has 0 saturated carbocycles. The van der Waals surface area contributed by atoms with E-state index in [9.17, 15) is 0 Å². The fraction of sp³-hybridized carbons (Fsp3) is 0. The maximum absolute atomic E-state index is 7.36. The van der Waals surface area contributed by atoms with Crippen LogP contribution in [0.1, 0.15) is 0 Å². The van der Waals surface area contributed by atoms with E-state index in [1.807, 2.05) is 109 Å². The summed E-state index contributed by atoms with van der Waals surface area (Å²) in [5.74, 6) is 9.27. The van der Waals surface area contributed by atoms with Crippen molar-refractivity contribution < 1.29 is 28.4 Å². The second-order valence-electron chi connectivity index (χ2n) is 19.8. The summed E-state index contributed by atoms with van der Waals surface area (Å²) < 4.78 is 41.3. The summed E-state index contributed by atoms with van der Waals surface area (Å²) >= 11 is 3.46. The lowest BCUT2D eigenvalue weighted by Crippen LogP contribution is -2.62. The minimum atomic E-state index is -0.215. The van der Waals surface area contributed by atoms with Crippen LogP contribution in [0.3, 0.4) is 0 Å². The molecule has 0 saturated heterocycles. The van der Waals surface area contributed by atoms with Crippen molar-refractivity contribution in [1.29, 1.82) is 0 Å². The maximum Gasteiger partial charge on any atom is 0.254 e. The van der Waals surface area contributed by atoms with Crippen LogP contribution in [-0.2, 0) is 0 Å². The molecule has 0 amide bonds. The highest BCUT2D eigenvalue weighted by molar-refractivity contribution is 8.00. The van der Waals surface area contributed by atoms with Gasteiger partial charge in [-0.3, -0.25) is 0 Å². The highest BCUT2D eigenvalue weighted by atomic mass is 32.2. The molecule has 0 bridgehead atoms. The van der Waals surface area contributed by atoms with Gasteiger partial charge in [0.05, 0.1) is 43.9 Å². The minimum absolute atomic E-state index is 0.215. The molecule has 0 fully saturated rings. The Morgan fingerprint density at radius 3 is 1.09 bits per heavy atom. The van der Waals surface area contributed by atoms with Gasteiger partial charge in [0.1, 0.15) is 46.0 Å². The Balaban J connectivity index is 0.877. The maximum atomic E-state index is 7.36. The van der Waals surface area contributed by atoms with Crippen LogP contribution >= 0.6 is 23.5 Å². The number of nitrogens with zero attached hydrogens (tertiary/aromatic N) is 2. The third-order valence-electron chi connectivity index (χ3n) is 15.3. The smallest absolute Gasteiger partial charge is 0.254 e. The zero-order valence-corrected chi connectivity index (χ0v) is 42.9. The van der Waals surface area contributed by atoms with Gasteiger partial charge in [0.2, 0.25) is 0 Å². The second kappa shape index (κ2) is 17.1. The lowest BCUT2D eigenvalue weighted by molar-refractivity contribution is 0.463. The van der Waals surface area contributed by atoms with Crippen molar-refractivity contribution >= 4 is 104 Å². The molecule has 11 aromatic rings. The fourth-order valence-corrected chi connectivity index (χ4v) is 14.6. The topological polar surface area (TPSA) is 61.9 Å². The number of fused-ring (bicyclic) bond motifs is 12. The molecule has 78 heavy (non-hydrogen) atoms. The lowest BCUT2D eigenvalue weighted by atomic mass is 9.32. The van der Waals surface area contributed by atoms with Crippen LogP contribution in [0.25, 0.3) is 0 Å². The molecule has 12 heteroatoms. The molecule has 11 aromatic carbocycles. The van der Waals surface area contributed by atoms with E-state index in [0.717, 1.165) is 155 Å². The van der Waals surface area contributed by atoms with Gasteiger partial charge in [-0.15, -0.1) is 0 Å². The van der Waals surface area contributed by atoms with Crippen molar-refractivity contribution in [2.45, 2.75) is 19.6 Å². The van der Waals surface area contributed by atoms with E-state index in [4.69, 9.17) is 28.4 Å². The first-order valence-electron chi connectivity index (χ1n) is 25.9. The molecular formula is C66H38B2N2O6S2. The van der Waals surface area contributed by atoms with Crippen molar-refractivity contribution in [3.8, 4) is 69.0 Å². The van der Waals surface area contributed by atoms with Crippen LogP contribution in [-0.4, -0.2) is 13.4 Å². The molecule has 0 aliphatic carbocycles. The molecular weight excluding hydrogens is 1000 g/mol. The van der Waals surface area contributed by atoms with Crippen molar-refractivity contribution in [3.05, 3.63) is 231 Å². The van der Waals surface area contributed by atoms with E-state index < -0.39 is 0 Å². The Kier molecular flexibility index (Phi) is 9.60. The third kappa shape index (κ3) is 6.73. The van der Waals surface area contributed by atoms with Crippen LogP contribution < -0.4 is 71.0 Å². The number of rotatable bonds is 6. The standard InChI is InChI=1S/C66H38B2N2O6S2/c1-3-17-41(18-4-1)71-55-31-15-21-43-65(55)77-61-35-39(69-47-23-7-11-27-51(47)73-52-28-12-8-24-48(52)69)33-59-63(61)67(43)45-37-46-58(38-57(45)75-59)76-60-34-40(70-49-25-9-13-29-53(49)74-54-30-14-10-26-50(54)70)36-62-64(60)68(46)44-22-16-32-56(66(44)78-62)72-42-19-5-2-6-20-42/h1-38H. The van der Waals surface area contributed by atoms with E-state index in [-0.39, 0.29) is 13.4 Å². The van der Waals surface area contributed by atoms with Gasteiger partial charge in [0.25, 0.3) is 13.4 Å². The van der Waals surface area contributed by atoms with Gasteiger partial charge >= 0.3 is 0 Å². The van der Waals surface area contributed by atoms with E-state index in [2.05, 4.69) is 131 Å². The van der Waals surface area contributed by atoms with Crippen LogP contribution in [0.4, 0.5) is 34.1 Å². The average Bonchev–Trinajstić information content (AvgIpc) is 3.54. The summed E-state index contributed by atoms with van der Waals surface area (Å²) in [5, 5.41) is 0. The first kappa shape index (κ1) is 43.8. The van der Waals surface area contributed by atoms with Crippen LogP contribution in [0.2, 0.25) is 0 Å². The van der Waals surface area contributed by atoms with Gasteiger partial charge in [0.15, 0.2) is 23.0 Å². The zero-order chi connectivity index (χ0) is 51.0. The fourth-order valence-electron chi connectivity index (χ4n) is 12.1. The summed E-state index contributed by atoms with van der Waals surface area (Å²) in [6.45, 7) is -0.430. The quantitative estimate of drug-likeness (QED) is 0.151. The van der Waals surface area contributed by atoms with Crippen LogP contribution in [0.15, 0.2) is 250 Å². The van der Waals surface area contributed by atoms with Gasteiger partial charge in [-0.05, 0) is 119 Å². The molecule has 366 valence electrons. The number of anilines is 6. The third-order valence-corrected chi connectivity index (χ3v) is 17.7. The second-order valence-corrected chi connectivity index (χ2v) is 21.9. The van der Waals surface area contributed by atoms with Gasteiger partial charge in [-0.1, -0.05) is 150 Å². The largest absolute Gasteiger partial charge is 0.458 e. The normalized spacial score (nSPS) is 13.8. The molecule has 0 unspecified atom stereocenters. The van der Waals surface area contributed by atoms with E-state index in [1.165, 1.54) is 0 Å². The van der Waals surface area contributed by atoms with Crippen molar-refractivity contribution in [3.63, 3.8) is 0 Å². The lowest BCUT2D eigenvalue weighted by Gasteiger charge is -2.39. The molecule has 0 N–H and O–H groups in total. The van der Waals surface area contributed by atoms with E-state index in [1.54, 1.807) is 23.5 Å². The number of hydrogen-bond acceptors (Lipinski definition) is 10. The molecule has 6 aliphatic rings. The average molecular weight is 1040 g/mol. The van der Waals surface area contributed by atoms with E-state index in [0.29, 0.717) is 0 Å². The molecule has 6 heterocycles. The molecule has 0 atom stereocenters. The SMILES string of the molecule is c1ccc(Oc2cccc3c2Sc2cc(N4c5ccccc5Oc5ccccc54)cc4c2B3c2cc3c(cc2O4)Oc2cc(N4c5ccccc5Oc5ccccc54)cc4c2B3c2cccc(Oc3ccccc3)c2S4)cc1. The Labute approximate surface area is 458 Å². The monoisotopic (exact) mass is 1040 g/mol. The molecule has 6 aliphatic heterocycles. The molecule has 17 rings (SSSR count). The summed E-state index contributed by atoms with van der Waals surface area (Å²) in [7, 11) is 0. The first-order valence-corrected chi connectivity index (χ1v) is 27.6. The van der Waals surface area contributed by atoms with Crippen molar-refractivity contribution in [2.75, 3.05) is 9.80 Å². The molecule has 0 spiro atoms. The Hall–Kier alpha value is -9.35. The van der Waals surface area contributed by atoms with Crippen LogP contribution in [0.5, 0.6) is 69.0 Å². The summed E-state index contributed by atoms with van der Waals surface area (Å²) in [4.78, 5) is 8.84.